The highest BCUT2D eigenvalue weighted by atomic mass is 32.2. The van der Waals surface area contributed by atoms with Gasteiger partial charge in [-0.15, -0.1) is 0 Å². The number of hydrogen-bond acceptors (Lipinski definition) is 4. The van der Waals surface area contributed by atoms with Crippen molar-refractivity contribution in [3.05, 3.63) is 28.7 Å². The summed E-state index contributed by atoms with van der Waals surface area (Å²) in [4.78, 5) is 24.1. The molecule has 1 saturated heterocycles. The van der Waals surface area contributed by atoms with Crippen molar-refractivity contribution >= 4 is 27.0 Å². The van der Waals surface area contributed by atoms with E-state index in [9.17, 15) is 18.0 Å². The Morgan fingerprint density at radius 2 is 1.92 bits per heavy atom. The summed E-state index contributed by atoms with van der Waals surface area (Å²) in [6.07, 6.45) is 0.511. The number of sulfonamides is 1. The van der Waals surface area contributed by atoms with Crippen LogP contribution in [0.3, 0.4) is 0 Å². The van der Waals surface area contributed by atoms with E-state index in [2.05, 4.69) is 5.32 Å². The van der Waals surface area contributed by atoms with Crippen LogP contribution in [0.4, 0.5) is 0 Å². The molecule has 8 nitrogen and oxygen atoms in total. The number of carbonyl (C=O) groups excluding carboxylic acids is 1. The number of nitrogens with zero attached hydrogens (tertiary/aromatic N) is 3. The fourth-order valence-corrected chi connectivity index (χ4v) is 4.80. The van der Waals surface area contributed by atoms with Crippen molar-refractivity contribution < 1.29 is 13.2 Å². The molecule has 0 bridgehead atoms. The van der Waals surface area contributed by atoms with Crippen LogP contribution in [-0.2, 0) is 28.9 Å². The quantitative estimate of drug-likeness (QED) is 0.826. The smallest absolute Gasteiger partial charge is 0.328 e. The summed E-state index contributed by atoms with van der Waals surface area (Å²) >= 11 is 0. The van der Waals surface area contributed by atoms with E-state index in [1.807, 2.05) is 6.92 Å². The molecule has 0 spiro atoms. The van der Waals surface area contributed by atoms with Gasteiger partial charge in [0.15, 0.2) is 0 Å². The van der Waals surface area contributed by atoms with Gasteiger partial charge in [0.2, 0.25) is 15.9 Å². The van der Waals surface area contributed by atoms with Gasteiger partial charge in [0, 0.05) is 33.7 Å². The zero-order valence-electron chi connectivity index (χ0n) is 14.5. The van der Waals surface area contributed by atoms with E-state index in [4.69, 9.17) is 0 Å². The third kappa shape index (κ3) is 2.87. The fourth-order valence-electron chi connectivity index (χ4n) is 3.28. The molecule has 2 heterocycles. The molecule has 1 amide bonds. The number of hydrogen-bond donors (Lipinski definition) is 1. The van der Waals surface area contributed by atoms with E-state index in [1.165, 1.54) is 25.6 Å². The summed E-state index contributed by atoms with van der Waals surface area (Å²) in [6, 6.07) is 4.67. The van der Waals surface area contributed by atoms with Crippen molar-refractivity contribution in [3.63, 3.8) is 0 Å². The number of fused-ring (bicyclic) bond motifs is 1. The van der Waals surface area contributed by atoms with Gasteiger partial charge in [-0.25, -0.2) is 13.2 Å². The summed E-state index contributed by atoms with van der Waals surface area (Å²) in [6.45, 7) is 2.86. The normalized spacial score (nSPS) is 18.8. The lowest BCUT2D eigenvalue weighted by atomic mass is 10.1. The number of imidazole rings is 1. The summed E-state index contributed by atoms with van der Waals surface area (Å²) in [5.41, 5.74) is 1.03. The van der Waals surface area contributed by atoms with Crippen molar-refractivity contribution in [3.8, 4) is 0 Å². The molecule has 1 atom stereocenters. The Balaban J connectivity index is 1.93. The maximum absolute atomic E-state index is 12.9. The minimum atomic E-state index is -3.70. The predicted octanol–water partition coefficient (Wildman–Crippen LogP) is 0.0237. The standard InChI is InChI=1S/C16H22N4O4S/c1-4-17-15(21)11-7-8-20(10-11)25(23,24)12-5-6-13-14(9-12)19(3)16(22)18(13)2/h5-6,9,11H,4,7-8,10H2,1-3H3,(H,17,21). The van der Waals surface area contributed by atoms with E-state index >= 15 is 0 Å². The highest BCUT2D eigenvalue weighted by Crippen LogP contribution is 2.26. The fraction of sp³-hybridized carbons (Fsp3) is 0.500. The Morgan fingerprint density at radius 3 is 2.60 bits per heavy atom. The largest absolute Gasteiger partial charge is 0.356 e. The molecular formula is C16H22N4O4S. The van der Waals surface area contributed by atoms with Crippen LogP contribution in [0.25, 0.3) is 11.0 Å². The van der Waals surface area contributed by atoms with Gasteiger partial charge in [0.25, 0.3) is 0 Å². The third-order valence-corrected chi connectivity index (χ3v) is 6.62. The summed E-state index contributed by atoms with van der Waals surface area (Å²) in [5, 5.41) is 2.74. The van der Waals surface area contributed by atoms with E-state index < -0.39 is 10.0 Å². The Labute approximate surface area is 146 Å². The van der Waals surface area contributed by atoms with Gasteiger partial charge in [-0.3, -0.25) is 13.9 Å². The summed E-state index contributed by atoms with van der Waals surface area (Å²) in [7, 11) is -0.441. The van der Waals surface area contributed by atoms with Crippen molar-refractivity contribution in [2.45, 2.75) is 18.2 Å². The van der Waals surface area contributed by atoms with Crippen LogP contribution >= 0.6 is 0 Å². The lowest BCUT2D eigenvalue weighted by Crippen LogP contribution is -2.34. The SMILES string of the molecule is CCNC(=O)C1CCN(S(=O)(=O)c2ccc3c(c2)n(C)c(=O)n3C)C1. The minimum Gasteiger partial charge on any atom is -0.356 e. The first-order chi connectivity index (χ1) is 11.8. The molecular weight excluding hydrogens is 344 g/mol. The monoisotopic (exact) mass is 366 g/mol. The topological polar surface area (TPSA) is 93.4 Å². The molecule has 25 heavy (non-hydrogen) atoms. The zero-order valence-corrected chi connectivity index (χ0v) is 15.3. The number of aromatic nitrogens is 2. The Bertz CT molecular complexity index is 989. The Morgan fingerprint density at radius 1 is 1.24 bits per heavy atom. The molecule has 0 radical (unpaired) electrons. The average molecular weight is 366 g/mol. The molecule has 0 saturated carbocycles. The second-order valence-electron chi connectivity index (χ2n) is 6.29. The molecule has 1 unspecified atom stereocenters. The van der Waals surface area contributed by atoms with Crippen molar-refractivity contribution in [2.75, 3.05) is 19.6 Å². The zero-order chi connectivity index (χ0) is 18.4. The highest BCUT2D eigenvalue weighted by molar-refractivity contribution is 7.89. The van der Waals surface area contributed by atoms with E-state index in [-0.39, 0.29) is 29.0 Å². The van der Waals surface area contributed by atoms with Crippen LogP contribution < -0.4 is 11.0 Å². The maximum Gasteiger partial charge on any atom is 0.328 e. The third-order valence-electron chi connectivity index (χ3n) is 4.75. The van der Waals surface area contributed by atoms with E-state index in [0.717, 1.165) is 0 Å². The van der Waals surface area contributed by atoms with Gasteiger partial charge in [-0.2, -0.15) is 4.31 Å². The molecule has 1 aromatic carbocycles. The minimum absolute atomic E-state index is 0.110. The average Bonchev–Trinajstić information content (AvgIpc) is 3.17. The van der Waals surface area contributed by atoms with Crippen LogP contribution in [0.5, 0.6) is 0 Å². The maximum atomic E-state index is 12.9. The van der Waals surface area contributed by atoms with Gasteiger partial charge in [-0.1, -0.05) is 0 Å². The molecule has 1 aliphatic heterocycles. The summed E-state index contributed by atoms with van der Waals surface area (Å²) in [5.74, 6) is -0.430. The molecule has 1 aromatic heterocycles. The first kappa shape index (κ1) is 17.7. The molecule has 136 valence electrons. The number of carbonyl (C=O) groups is 1. The lowest BCUT2D eigenvalue weighted by Gasteiger charge is -2.16. The Hall–Kier alpha value is -2.13. The first-order valence-electron chi connectivity index (χ1n) is 8.20. The molecule has 1 fully saturated rings. The van der Waals surface area contributed by atoms with Gasteiger partial charge >= 0.3 is 5.69 Å². The highest BCUT2D eigenvalue weighted by Gasteiger charge is 2.35. The van der Waals surface area contributed by atoms with Crippen LogP contribution in [0, 0.1) is 5.92 Å². The van der Waals surface area contributed by atoms with Crippen LogP contribution in [0.2, 0.25) is 0 Å². The number of rotatable bonds is 4. The molecule has 2 aromatic rings. The lowest BCUT2D eigenvalue weighted by molar-refractivity contribution is -0.124. The van der Waals surface area contributed by atoms with Gasteiger partial charge in [-0.05, 0) is 31.5 Å². The predicted molar refractivity (Wildman–Crippen MR) is 93.7 cm³/mol. The molecule has 9 heteroatoms. The van der Waals surface area contributed by atoms with Crippen molar-refractivity contribution in [1.82, 2.24) is 18.8 Å². The number of benzene rings is 1. The second-order valence-corrected chi connectivity index (χ2v) is 8.23. The second kappa shape index (κ2) is 6.30. The van der Waals surface area contributed by atoms with Crippen molar-refractivity contribution in [1.29, 1.82) is 0 Å². The molecule has 3 rings (SSSR count). The molecule has 0 aliphatic carbocycles. The number of aryl methyl sites for hydroxylation is 2. The van der Waals surface area contributed by atoms with Gasteiger partial charge in [0.1, 0.15) is 0 Å². The Kier molecular flexibility index (Phi) is 4.46. The summed E-state index contributed by atoms with van der Waals surface area (Å²) < 4.78 is 30.1. The van der Waals surface area contributed by atoms with Gasteiger partial charge in [0.05, 0.1) is 21.8 Å². The van der Waals surface area contributed by atoms with Gasteiger partial charge < -0.3 is 5.32 Å². The number of nitrogens with one attached hydrogen (secondary N) is 1. The van der Waals surface area contributed by atoms with Crippen LogP contribution in [0.15, 0.2) is 27.9 Å². The first-order valence-corrected chi connectivity index (χ1v) is 9.64. The number of amides is 1. The molecule has 1 N–H and O–H groups in total. The van der Waals surface area contributed by atoms with E-state index in [1.54, 1.807) is 20.2 Å². The van der Waals surface area contributed by atoms with Crippen LogP contribution in [-0.4, -0.2) is 47.4 Å². The van der Waals surface area contributed by atoms with E-state index in [0.29, 0.717) is 30.5 Å². The van der Waals surface area contributed by atoms with Crippen molar-refractivity contribution in [2.24, 2.45) is 20.0 Å². The van der Waals surface area contributed by atoms with Crippen LogP contribution in [0.1, 0.15) is 13.3 Å². The molecule has 1 aliphatic rings.